The Morgan fingerprint density at radius 1 is 1.33 bits per heavy atom. The summed E-state index contributed by atoms with van der Waals surface area (Å²) in [4.78, 5) is 4.03. The molecule has 86 valence electrons. The highest BCUT2D eigenvalue weighted by Crippen LogP contribution is 2.12. The van der Waals surface area contributed by atoms with Crippen LogP contribution in [0.25, 0.3) is 0 Å². The van der Waals surface area contributed by atoms with Crippen LogP contribution in [0.3, 0.4) is 0 Å². The van der Waals surface area contributed by atoms with Crippen LogP contribution in [0.1, 0.15) is 25.7 Å². The van der Waals surface area contributed by atoms with Gasteiger partial charge in [0, 0.05) is 18.1 Å². The molecule has 0 amide bonds. The van der Waals surface area contributed by atoms with Crippen molar-refractivity contribution in [2.45, 2.75) is 25.7 Å². The van der Waals surface area contributed by atoms with Gasteiger partial charge in [0.1, 0.15) is 0 Å². The lowest BCUT2D eigenvalue weighted by Gasteiger charge is -2.01. The molecule has 6 heteroatoms. The number of anilines is 2. The quantitative estimate of drug-likeness (QED) is 0.690. The minimum absolute atomic E-state index is 0.363. The van der Waals surface area contributed by atoms with Crippen LogP contribution in [0.4, 0.5) is 11.1 Å². The molecule has 0 aliphatic heterocycles. The number of nitrogens with zero attached hydrogens (tertiary/aromatic N) is 2. The van der Waals surface area contributed by atoms with Crippen LogP contribution in [0.5, 0.6) is 0 Å². The Kier molecular flexibility index (Phi) is 6.50. The first kappa shape index (κ1) is 12.6. The molecule has 3 N–H and O–H groups in total. The first-order valence-electron chi connectivity index (χ1n) is 5.15. The third-order valence-electron chi connectivity index (χ3n) is 1.99. The van der Waals surface area contributed by atoms with Crippen molar-refractivity contribution in [2.24, 2.45) is 0 Å². The van der Waals surface area contributed by atoms with E-state index in [1.807, 2.05) is 11.8 Å². The summed E-state index contributed by atoms with van der Waals surface area (Å²) in [7, 11) is 0. The second kappa shape index (κ2) is 7.76. The lowest BCUT2D eigenvalue weighted by Crippen LogP contribution is -2.01. The lowest BCUT2D eigenvalue weighted by atomic mass is 10.2. The number of rotatable bonds is 8. The molecule has 0 unspecified atom stereocenters. The second-order valence-electron chi connectivity index (χ2n) is 3.29. The van der Waals surface area contributed by atoms with E-state index in [0.717, 1.165) is 11.7 Å². The molecule has 4 nitrogen and oxygen atoms in total. The number of nitrogens with two attached hydrogens (primary N) is 1. The first-order chi connectivity index (χ1) is 7.33. The largest absolute Gasteiger partial charge is 0.367 e. The molecule has 0 bridgehead atoms. The van der Waals surface area contributed by atoms with E-state index in [1.165, 1.54) is 43.0 Å². The molecule has 0 atom stereocenters. The van der Waals surface area contributed by atoms with Gasteiger partial charge in [-0.3, -0.25) is 0 Å². The summed E-state index contributed by atoms with van der Waals surface area (Å²) in [5.41, 5.74) is 5.41. The maximum absolute atomic E-state index is 5.41. The third kappa shape index (κ3) is 5.84. The molecule has 0 saturated carbocycles. The molecule has 0 aromatic carbocycles. The van der Waals surface area contributed by atoms with Gasteiger partial charge in [0.2, 0.25) is 11.1 Å². The molecule has 1 rings (SSSR count). The Morgan fingerprint density at radius 2 is 2.13 bits per heavy atom. The van der Waals surface area contributed by atoms with Crippen LogP contribution in [0, 0.1) is 0 Å². The molecule has 15 heavy (non-hydrogen) atoms. The molecule has 1 heterocycles. The van der Waals surface area contributed by atoms with Gasteiger partial charge in [-0.2, -0.15) is 21.1 Å². The van der Waals surface area contributed by atoms with Crippen LogP contribution < -0.4 is 11.1 Å². The van der Waals surface area contributed by atoms with Crippen molar-refractivity contribution in [3.63, 3.8) is 0 Å². The number of hydrogen-bond acceptors (Lipinski definition) is 6. The molecule has 0 aliphatic rings. The van der Waals surface area contributed by atoms with E-state index in [1.54, 1.807) is 0 Å². The van der Waals surface area contributed by atoms with E-state index in [0.29, 0.717) is 5.95 Å². The normalized spacial score (nSPS) is 10.5. The highest BCUT2D eigenvalue weighted by Gasteiger charge is 1.98. The predicted molar refractivity (Wildman–Crippen MR) is 69.7 cm³/mol. The molecular formula is C9H18N4S2. The molecule has 0 spiro atoms. The highest BCUT2D eigenvalue weighted by molar-refractivity contribution is 7.98. The average Bonchev–Trinajstić information content (AvgIpc) is 2.63. The molecular weight excluding hydrogens is 228 g/mol. The minimum atomic E-state index is 0.363. The molecule has 0 aliphatic carbocycles. The summed E-state index contributed by atoms with van der Waals surface area (Å²) in [6.45, 7) is 0.966. The Balaban J connectivity index is 1.93. The highest BCUT2D eigenvalue weighted by atomic mass is 32.2. The topological polar surface area (TPSA) is 63.8 Å². The fourth-order valence-electron chi connectivity index (χ4n) is 1.23. The number of unbranched alkanes of at least 4 members (excludes halogenated alkanes) is 3. The Morgan fingerprint density at radius 3 is 2.80 bits per heavy atom. The zero-order chi connectivity index (χ0) is 10.9. The van der Waals surface area contributed by atoms with E-state index in [2.05, 4.69) is 20.9 Å². The SMILES string of the molecule is CSCCCCCCNc1nc(N)ns1. The van der Waals surface area contributed by atoms with Crippen LogP contribution in [-0.4, -0.2) is 27.9 Å². The molecule has 1 aromatic rings. The van der Waals surface area contributed by atoms with Crippen molar-refractivity contribution in [2.75, 3.05) is 29.6 Å². The van der Waals surface area contributed by atoms with Gasteiger partial charge in [0.05, 0.1) is 0 Å². The summed E-state index contributed by atoms with van der Waals surface area (Å²) in [6.07, 6.45) is 7.27. The second-order valence-corrected chi connectivity index (χ2v) is 5.03. The van der Waals surface area contributed by atoms with Gasteiger partial charge in [-0.25, -0.2) is 0 Å². The standard InChI is InChI=1S/C9H18N4S2/c1-14-7-5-3-2-4-6-11-9-12-8(10)13-15-9/h2-7H2,1H3,(H3,10,11,12,13). The molecule has 0 saturated heterocycles. The third-order valence-corrected chi connectivity index (χ3v) is 3.38. The molecule has 0 radical (unpaired) electrons. The van der Waals surface area contributed by atoms with Gasteiger partial charge in [-0.1, -0.05) is 12.8 Å². The zero-order valence-corrected chi connectivity index (χ0v) is 10.7. The number of hydrogen-bond donors (Lipinski definition) is 2. The van der Waals surface area contributed by atoms with E-state index in [4.69, 9.17) is 5.73 Å². The number of nitrogen functional groups attached to an aromatic ring is 1. The fraction of sp³-hybridized carbons (Fsp3) is 0.778. The van der Waals surface area contributed by atoms with E-state index in [9.17, 15) is 0 Å². The number of aromatic nitrogens is 2. The fourth-order valence-corrected chi connectivity index (χ4v) is 2.24. The monoisotopic (exact) mass is 246 g/mol. The van der Waals surface area contributed by atoms with Crippen LogP contribution >= 0.6 is 23.3 Å². The van der Waals surface area contributed by atoms with Crippen LogP contribution in [0.2, 0.25) is 0 Å². The van der Waals surface area contributed by atoms with Gasteiger partial charge < -0.3 is 11.1 Å². The zero-order valence-electron chi connectivity index (χ0n) is 9.03. The smallest absolute Gasteiger partial charge is 0.233 e. The van der Waals surface area contributed by atoms with Gasteiger partial charge in [0.25, 0.3) is 0 Å². The summed E-state index contributed by atoms with van der Waals surface area (Å²) in [6, 6.07) is 0. The van der Waals surface area contributed by atoms with E-state index >= 15 is 0 Å². The van der Waals surface area contributed by atoms with E-state index < -0.39 is 0 Å². The van der Waals surface area contributed by atoms with Gasteiger partial charge in [-0.15, -0.1) is 0 Å². The van der Waals surface area contributed by atoms with E-state index in [-0.39, 0.29) is 0 Å². The average molecular weight is 246 g/mol. The van der Waals surface area contributed by atoms with Crippen LogP contribution in [-0.2, 0) is 0 Å². The van der Waals surface area contributed by atoms with Gasteiger partial charge in [0.15, 0.2) is 0 Å². The lowest BCUT2D eigenvalue weighted by molar-refractivity contribution is 0.689. The summed E-state index contributed by atoms with van der Waals surface area (Å²) in [5.74, 6) is 1.64. The minimum Gasteiger partial charge on any atom is -0.367 e. The molecule has 0 fully saturated rings. The summed E-state index contributed by atoms with van der Waals surface area (Å²) in [5, 5.41) is 4.05. The molecule has 1 aromatic heterocycles. The predicted octanol–water partition coefficient (Wildman–Crippen LogP) is 2.46. The Labute approximate surface area is 99.2 Å². The van der Waals surface area contributed by atoms with Gasteiger partial charge >= 0.3 is 0 Å². The van der Waals surface area contributed by atoms with Crippen molar-refractivity contribution in [3.8, 4) is 0 Å². The Hall–Kier alpha value is -0.490. The summed E-state index contributed by atoms with van der Waals surface area (Å²) < 4.78 is 3.90. The van der Waals surface area contributed by atoms with Crippen molar-refractivity contribution in [1.29, 1.82) is 0 Å². The Bertz CT molecular complexity index is 264. The number of thioether (sulfide) groups is 1. The van der Waals surface area contributed by atoms with Crippen molar-refractivity contribution < 1.29 is 0 Å². The first-order valence-corrected chi connectivity index (χ1v) is 7.31. The maximum Gasteiger partial charge on any atom is 0.233 e. The van der Waals surface area contributed by atoms with Crippen molar-refractivity contribution in [1.82, 2.24) is 9.36 Å². The van der Waals surface area contributed by atoms with Crippen LogP contribution in [0.15, 0.2) is 0 Å². The van der Waals surface area contributed by atoms with Crippen molar-refractivity contribution >= 4 is 34.4 Å². The van der Waals surface area contributed by atoms with Crippen molar-refractivity contribution in [3.05, 3.63) is 0 Å². The summed E-state index contributed by atoms with van der Waals surface area (Å²) >= 11 is 3.24. The maximum atomic E-state index is 5.41. The van der Waals surface area contributed by atoms with Gasteiger partial charge in [-0.05, 0) is 24.9 Å². The number of nitrogens with one attached hydrogen (secondary N) is 1.